The Bertz CT molecular complexity index is 347. The van der Waals surface area contributed by atoms with Gasteiger partial charge < -0.3 is 5.32 Å². The number of nitrogens with one attached hydrogen (secondary N) is 1. The monoisotopic (exact) mass is 233 g/mol. The topological polar surface area (TPSA) is 29.1 Å². The maximum absolute atomic E-state index is 11.7. The summed E-state index contributed by atoms with van der Waals surface area (Å²) in [5, 5.41) is 3.00. The van der Waals surface area contributed by atoms with Crippen molar-refractivity contribution in [1.82, 2.24) is 0 Å². The highest BCUT2D eigenvalue weighted by Crippen LogP contribution is 2.16. The Balaban J connectivity index is 2.39. The summed E-state index contributed by atoms with van der Waals surface area (Å²) in [7, 11) is 0. The molecule has 1 aromatic rings. The molecule has 0 unspecified atom stereocenters. The zero-order chi connectivity index (χ0) is 12.5. The quantitative estimate of drug-likeness (QED) is 0.704. The van der Waals surface area contributed by atoms with Crippen LogP contribution in [-0.2, 0) is 11.2 Å². The van der Waals surface area contributed by atoms with Crippen LogP contribution < -0.4 is 5.32 Å². The summed E-state index contributed by atoms with van der Waals surface area (Å²) in [5.41, 5.74) is 2.17. The van der Waals surface area contributed by atoms with Crippen LogP contribution in [0.1, 0.15) is 51.5 Å². The molecule has 0 saturated carbocycles. The Kier molecular flexibility index (Phi) is 6.38. The van der Waals surface area contributed by atoms with Gasteiger partial charge in [0, 0.05) is 12.1 Å². The summed E-state index contributed by atoms with van der Waals surface area (Å²) in [4.78, 5) is 11.7. The van der Waals surface area contributed by atoms with Crippen LogP contribution >= 0.6 is 0 Å². The number of hydrogen-bond donors (Lipinski definition) is 1. The third-order valence-electron chi connectivity index (χ3n) is 2.93. The number of carbonyl (C=O) groups is 1. The van der Waals surface area contributed by atoms with E-state index in [-0.39, 0.29) is 5.91 Å². The number of rotatable bonds is 7. The van der Waals surface area contributed by atoms with Crippen molar-refractivity contribution in [2.75, 3.05) is 5.32 Å². The number of para-hydroxylation sites is 1. The molecule has 2 heteroatoms. The number of hydrogen-bond acceptors (Lipinski definition) is 1. The van der Waals surface area contributed by atoms with Crippen molar-refractivity contribution in [3.63, 3.8) is 0 Å². The molecule has 1 N–H and O–H groups in total. The molecule has 0 bridgehead atoms. The van der Waals surface area contributed by atoms with Crippen molar-refractivity contribution in [2.24, 2.45) is 0 Å². The lowest BCUT2D eigenvalue weighted by Gasteiger charge is -2.09. The number of anilines is 1. The summed E-state index contributed by atoms with van der Waals surface area (Å²) in [6.07, 6.45) is 6.16. The van der Waals surface area contributed by atoms with E-state index < -0.39 is 0 Å². The van der Waals surface area contributed by atoms with E-state index in [1.807, 2.05) is 18.2 Å². The SMILES string of the molecule is CCCCCCC(=O)Nc1ccccc1CC. The Morgan fingerprint density at radius 1 is 1.12 bits per heavy atom. The summed E-state index contributed by atoms with van der Waals surface area (Å²) in [6.45, 7) is 4.28. The zero-order valence-electron chi connectivity index (χ0n) is 11.0. The Morgan fingerprint density at radius 3 is 2.59 bits per heavy atom. The molecule has 1 aromatic carbocycles. The molecule has 0 radical (unpaired) electrons. The maximum Gasteiger partial charge on any atom is 0.224 e. The van der Waals surface area contributed by atoms with Crippen LogP contribution in [0, 0.1) is 0 Å². The van der Waals surface area contributed by atoms with E-state index in [1.54, 1.807) is 0 Å². The first-order chi connectivity index (χ1) is 8.27. The molecule has 0 aliphatic rings. The largest absolute Gasteiger partial charge is 0.326 e. The Hall–Kier alpha value is -1.31. The predicted molar refractivity (Wildman–Crippen MR) is 73.2 cm³/mol. The normalized spacial score (nSPS) is 10.2. The van der Waals surface area contributed by atoms with Gasteiger partial charge in [0.05, 0.1) is 0 Å². The molecule has 0 atom stereocenters. The highest BCUT2D eigenvalue weighted by atomic mass is 16.1. The summed E-state index contributed by atoms with van der Waals surface area (Å²) >= 11 is 0. The molecule has 0 fully saturated rings. The molecule has 0 saturated heterocycles. The van der Waals surface area contributed by atoms with Crippen molar-refractivity contribution >= 4 is 11.6 Å². The molecule has 0 aliphatic carbocycles. The van der Waals surface area contributed by atoms with Crippen molar-refractivity contribution in [3.8, 4) is 0 Å². The van der Waals surface area contributed by atoms with Gasteiger partial charge in [0.15, 0.2) is 0 Å². The maximum atomic E-state index is 11.7. The Morgan fingerprint density at radius 2 is 1.88 bits per heavy atom. The molecule has 2 nitrogen and oxygen atoms in total. The van der Waals surface area contributed by atoms with Gasteiger partial charge in [-0.1, -0.05) is 51.3 Å². The fraction of sp³-hybridized carbons (Fsp3) is 0.533. The third kappa shape index (κ3) is 5.03. The standard InChI is InChI=1S/C15H23NO/c1-3-5-6-7-12-15(17)16-14-11-9-8-10-13(14)4-2/h8-11H,3-7,12H2,1-2H3,(H,16,17). The number of benzene rings is 1. The second-order valence-corrected chi connectivity index (χ2v) is 4.37. The summed E-state index contributed by atoms with van der Waals surface area (Å²) in [6, 6.07) is 8.01. The van der Waals surface area contributed by atoms with Gasteiger partial charge in [-0.15, -0.1) is 0 Å². The Labute approximate surface area is 104 Å². The van der Waals surface area contributed by atoms with Crippen molar-refractivity contribution in [3.05, 3.63) is 29.8 Å². The lowest BCUT2D eigenvalue weighted by Crippen LogP contribution is -2.12. The van der Waals surface area contributed by atoms with Crippen LogP contribution in [0.2, 0.25) is 0 Å². The van der Waals surface area contributed by atoms with Crippen LogP contribution in [0.25, 0.3) is 0 Å². The van der Waals surface area contributed by atoms with Gasteiger partial charge in [0.2, 0.25) is 5.91 Å². The smallest absolute Gasteiger partial charge is 0.224 e. The van der Waals surface area contributed by atoms with Crippen LogP contribution in [0.3, 0.4) is 0 Å². The first-order valence-corrected chi connectivity index (χ1v) is 6.65. The molecular formula is C15H23NO. The minimum absolute atomic E-state index is 0.141. The summed E-state index contributed by atoms with van der Waals surface area (Å²) < 4.78 is 0. The van der Waals surface area contributed by atoms with Gasteiger partial charge in [-0.3, -0.25) is 4.79 Å². The van der Waals surface area contributed by atoms with E-state index in [4.69, 9.17) is 0 Å². The molecular weight excluding hydrogens is 210 g/mol. The van der Waals surface area contributed by atoms with Crippen LogP contribution in [0.15, 0.2) is 24.3 Å². The number of carbonyl (C=O) groups excluding carboxylic acids is 1. The average molecular weight is 233 g/mol. The predicted octanol–water partition coefficient (Wildman–Crippen LogP) is 4.16. The first kappa shape index (κ1) is 13.8. The molecule has 17 heavy (non-hydrogen) atoms. The molecule has 94 valence electrons. The highest BCUT2D eigenvalue weighted by Gasteiger charge is 2.04. The minimum atomic E-state index is 0.141. The van der Waals surface area contributed by atoms with Crippen LogP contribution in [0.4, 0.5) is 5.69 Å². The van der Waals surface area contributed by atoms with Crippen LogP contribution in [-0.4, -0.2) is 5.91 Å². The van der Waals surface area contributed by atoms with Crippen molar-refractivity contribution in [1.29, 1.82) is 0 Å². The molecule has 0 aromatic heterocycles. The number of unbranched alkanes of at least 4 members (excludes halogenated alkanes) is 3. The van der Waals surface area contributed by atoms with E-state index in [0.29, 0.717) is 6.42 Å². The van der Waals surface area contributed by atoms with Gasteiger partial charge in [0.1, 0.15) is 0 Å². The second kappa shape index (κ2) is 7.88. The zero-order valence-corrected chi connectivity index (χ0v) is 11.0. The van der Waals surface area contributed by atoms with E-state index in [0.717, 1.165) is 24.9 Å². The molecule has 1 amide bonds. The average Bonchev–Trinajstić information content (AvgIpc) is 2.35. The van der Waals surface area contributed by atoms with E-state index >= 15 is 0 Å². The van der Waals surface area contributed by atoms with Gasteiger partial charge >= 0.3 is 0 Å². The fourth-order valence-electron chi connectivity index (χ4n) is 1.88. The van der Waals surface area contributed by atoms with E-state index in [1.165, 1.54) is 18.4 Å². The minimum Gasteiger partial charge on any atom is -0.326 e. The van der Waals surface area contributed by atoms with Gasteiger partial charge in [-0.25, -0.2) is 0 Å². The molecule has 1 rings (SSSR count). The van der Waals surface area contributed by atoms with Gasteiger partial charge in [0.25, 0.3) is 0 Å². The molecule has 0 aliphatic heterocycles. The third-order valence-corrected chi connectivity index (χ3v) is 2.93. The number of aryl methyl sites for hydroxylation is 1. The highest BCUT2D eigenvalue weighted by molar-refractivity contribution is 5.91. The van der Waals surface area contributed by atoms with Crippen molar-refractivity contribution in [2.45, 2.75) is 52.4 Å². The second-order valence-electron chi connectivity index (χ2n) is 4.37. The van der Waals surface area contributed by atoms with Gasteiger partial charge in [-0.2, -0.15) is 0 Å². The summed E-state index contributed by atoms with van der Waals surface area (Å²) in [5.74, 6) is 0.141. The fourth-order valence-corrected chi connectivity index (χ4v) is 1.88. The molecule has 0 heterocycles. The first-order valence-electron chi connectivity index (χ1n) is 6.65. The van der Waals surface area contributed by atoms with Gasteiger partial charge in [-0.05, 0) is 24.5 Å². The number of amides is 1. The van der Waals surface area contributed by atoms with E-state index in [9.17, 15) is 4.79 Å². The molecule has 0 spiro atoms. The lowest BCUT2D eigenvalue weighted by atomic mass is 10.1. The van der Waals surface area contributed by atoms with Crippen molar-refractivity contribution < 1.29 is 4.79 Å². The van der Waals surface area contributed by atoms with Crippen LogP contribution in [0.5, 0.6) is 0 Å². The van der Waals surface area contributed by atoms with E-state index in [2.05, 4.69) is 25.2 Å². The lowest BCUT2D eigenvalue weighted by molar-refractivity contribution is -0.116.